The Morgan fingerprint density at radius 1 is 1.30 bits per heavy atom. The van der Waals surface area contributed by atoms with E-state index in [1.165, 1.54) is 23.9 Å². The Kier molecular flexibility index (Phi) is 8.13. The molecule has 0 spiro atoms. The number of methoxy groups -OCH3 is 1. The zero-order chi connectivity index (χ0) is 14.3. The van der Waals surface area contributed by atoms with Crippen molar-refractivity contribution in [2.45, 2.75) is 6.73 Å². The second-order valence-corrected chi connectivity index (χ2v) is 3.42. The third kappa shape index (κ3) is 6.27. The third-order valence-electron chi connectivity index (χ3n) is 2.06. The molecule has 1 aromatic heterocycles. The molecule has 2 N–H and O–H groups in total. The van der Waals surface area contributed by atoms with Crippen molar-refractivity contribution in [2.75, 3.05) is 7.11 Å². The Hall–Kier alpha value is -1.97. The van der Waals surface area contributed by atoms with E-state index in [9.17, 15) is 14.4 Å². The van der Waals surface area contributed by atoms with Gasteiger partial charge < -0.3 is 39.2 Å². The van der Waals surface area contributed by atoms with E-state index in [1.807, 2.05) is 0 Å². The number of carbonyl (C=O) groups is 3. The minimum atomic E-state index is -0.706. The number of pyridine rings is 1. The van der Waals surface area contributed by atoms with Gasteiger partial charge in [0, 0.05) is 18.2 Å². The number of carbonyl (C=O) groups excluding carboxylic acids is 3. The number of nitrogens with two attached hydrogens (primary N) is 1. The van der Waals surface area contributed by atoms with Crippen LogP contribution in [-0.4, -0.2) is 25.0 Å². The van der Waals surface area contributed by atoms with Crippen molar-refractivity contribution in [2.24, 2.45) is 5.73 Å². The highest BCUT2D eigenvalue weighted by molar-refractivity contribution is 5.92. The Bertz CT molecular complexity index is 530. The van der Waals surface area contributed by atoms with E-state index in [2.05, 4.69) is 4.74 Å². The molecule has 0 aromatic carbocycles. The lowest BCUT2D eigenvalue weighted by Crippen LogP contribution is -3.00. The summed E-state index contributed by atoms with van der Waals surface area (Å²) in [5.41, 5.74) is 5.41. The molecule has 0 unspecified atom stereocenters. The second kappa shape index (κ2) is 9.02. The molecule has 0 saturated carbocycles. The van der Waals surface area contributed by atoms with Crippen LogP contribution < -0.4 is 34.3 Å². The number of amides is 1. The van der Waals surface area contributed by atoms with Gasteiger partial charge in [-0.2, -0.15) is 4.57 Å². The van der Waals surface area contributed by atoms with Crippen LogP contribution in [0.15, 0.2) is 36.7 Å². The molecular formula is C12H13IN2O5. The molecule has 0 radical (unpaired) electrons. The second-order valence-electron chi connectivity index (χ2n) is 3.42. The number of halogens is 1. The van der Waals surface area contributed by atoms with Gasteiger partial charge in [-0.3, -0.25) is 4.79 Å². The van der Waals surface area contributed by atoms with Crippen LogP contribution in [0.1, 0.15) is 10.4 Å². The standard InChI is InChI=1S/C12H12N2O5.HI/c1-18-10(15)4-5-11(16)19-8-14-6-2-3-9(7-14)12(13)17;/h2-7H,8H2,1H3,(H-,13,17);1H/b5-4+;. The molecule has 0 bridgehead atoms. The molecule has 7 nitrogen and oxygen atoms in total. The van der Waals surface area contributed by atoms with Crippen LogP contribution >= 0.6 is 0 Å². The monoisotopic (exact) mass is 392 g/mol. The zero-order valence-corrected chi connectivity index (χ0v) is 12.8. The number of nitrogens with zero attached hydrogens (tertiary/aromatic N) is 1. The minimum Gasteiger partial charge on any atom is -1.00 e. The molecule has 1 heterocycles. The maximum absolute atomic E-state index is 11.2. The first-order valence-corrected chi connectivity index (χ1v) is 5.24. The van der Waals surface area contributed by atoms with Gasteiger partial charge >= 0.3 is 11.9 Å². The summed E-state index contributed by atoms with van der Waals surface area (Å²) in [4.78, 5) is 32.9. The Labute approximate surface area is 132 Å². The van der Waals surface area contributed by atoms with Crippen molar-refractivity contribution < 1.29 is 52.4 Å². The fraction of sp³-hybridized carbons (Fsp3) is 0.167. The molecule has 1 rings (SSSR count). The van der Waals surface area contributed by atoms with E-state index in [-0.39, 0.29) is 30.7 Å². The van der Waals surface area contributed by atoms with Crippen LogP contribution in [0, 0.1) is 0 Å². The summed E-state index contributed by atoms with van der Waals surface area (Å²) in [5.74, 6) is -1.94. The topological polar surface area (TPSA) is 99.6 Å². The van der Waals surface area contributed by atoms with Crippen molar-refractivity contribution in [3.05, 3.63) is 42.2 Å². The predicted molar refractivity (Wildman–Crippen MR) is 62.4 cm³/mol. The van der Waals surface area contributed by atoms with Crippen LogP contribution in [0.3, 0.4) is 0 Å². The first-order valence-electron chi connectivity index (χ1n) is 5.24. The molecule has 0 saturated heterocycles. The minimum absolute atomic E-state index is 0. The van der Waals surface area contributed by atoms with Crippen molar-refractivity contribution in [3.8, 4) is 0 Å². The van der Waals surface area contributed by atoms with Crippen LogP contribution in [-0.2, 0) is 25.8 Å². The molecule has 0 atom stereocenters. The first-order chi connectivity index (χ1) is 9.02. The highest BCUT2D eigenvalue weighted by Crippen LogP contribution is 1.92. The average molecular weight is 392 g/mol. The Morgan fingerprint density at radius 3 is 2.55 bits per heavy atom. The van der Waals surface area contributed by atoms with Gasteiger partial charge in [0.15, 0.2) is 12.4 Å². The number of hydrogen-bond donors (Lipinski definition) is 1. The lowest BCUT2D eigenvalue weighted by Gasteiger charge is -1.99. The summed E-state index contributed by atoms with van der Waals surface area (Å²) < 4.78 is 10.6. The Balaban J connectivity index is 0.00000361. The van der Waals surface area contributed by atoms with E-state index in [0.29, 0.717) is 5.56 Å². The van der Waals surface area contributed by atoms with Crippen molar-refractivity contribution in [1.82, 2.24) is 0 Å². The molecule has 20 heavy (non-hydrogen) atoms. The molecule has 108 valence electrons. The predicted octanol–water partition coefficient (Wildman–Crippen LogP) is -3.69. The summed E-state index contributed by atoms with van der Waals surface area (Å²) in [6.07, 6.45) is 4.94. The van der Waals surface area contributed by atoms with Crippen molar-refractivity contribution >= 4 is 17.8 Å². The lowest BCUT2D eigenvalue weighted by molar-refractivity contribution is -0.727. The van der Waals surface area contributed by atoms with Crippen LogP contribution in [0.4, 0.5) is 0 Å². The fourth-order valence-electron chi connectivity index (χ4n) is 1.14. The molecule has 0 aliphatic heterocycles. The van der Waals surface area contributed by atoms with Gasteiger partial charge in [0.2, 0.25) is 0 Å². The first kappa shape index (κ1) is 18.0. The van der Waals surface area contributed by atoms with Gasteiger partial charge in [0.25, 0.3) is 12.6 Å². The summed E-state index contributed by atoms with van der Waals surface area (Å²) in [6.45, 7) is -0.106. The quantitative estimate of drug-likeness (QED) is 0.241. The summed E-state index contributed by atoms with van der Waals surface area (Å²) in [5, 5.41) is 0. The molecular weight excluding hydrogens is 379 g/mol. The van der Waals surface area contributed by atoms with E-state index in [1.54, 1.807) is 12.3 Å². The molecule has 8 heteroatoms. The van der Waals surface area contributed by atoms with Gasteiger partial charge in [-0.25, -0.2) is 9.59 Å². The highest BCUT2D eigenvalue weighted by atomic mass is 127. The fourth-order valence-corrected chi connectivity index (χ4v) is 1.14. The molecule has 0 aliphatic rings. The third-order valence-corrected chi connectivity index (χ3v) is 2.06. The number of rotatable bonds is 5. The van der Waals surface area contributed by atoms with Crippen molar-refractivity contribution in [1.29, 1.82) is 0 Å². The maximum Gasteiger partial charge on any atom is 0.335 e. The van der Waals surface area contributed by atoms with Crippen molar-refractivity contribution in [3.63, 3.8) is 0 Å². The number of primary amides is 1. The summed E-state index contributed by atoms with van der Waals surface area (Å²) in [6, 6.07) is 3.13. The van der Waals surface area contributed by atoms with E-state index >= 15 is 0 Å². The number of ether oxygens (including phenoxy) is 2. The smallest absolute Gasteiger partial charge is 0.335 e. The molecule has 0 fully saturated rings. The van der Waals surface area contributed by atoms with Crippen LogP contribution in [0.5, 0.6) is 0 Å². The number of hydrogen-bond acceptors (Lipinski definition) is 5. The van der Waals surface area contributed by atoms with E-state index in [4.69, 9.17) is 10.5 Å². The molecule has 1 amide bonds. The summed E-state index contributed by atoms with van der Waals surface area (Å²) >= 11 is 0. The number of aromatic nitrogens is 1. The van der Waals surface area contributed by atoms with Gasteiger partial charge in [-0.1, -0.05) is 0 Å². The molecule has 0 aliphatic carbocycles. The van der Waals surface area contributed by atoms with Gasteiger partial charge in [0.05, 0.1) is 7.11 Å². The average Bonchev–Trinajstić information content (AvgIpc) is 2.42. The normalized spacial score (nSPS) is 9.65. The SMILES string of the molecule is COC(=O)/C=C/C(=O)OC[n+]1cccc(C(N)=O)c1.[I-]. The maximum atomic E-state index is 11.2. The largest absolute Gasteiger partial charge is 1.00 e. The van der Waals surface area contributed by atoms with Gasteiger partial charge in [-0.05, 0) is 6.07 Å². The van der Waals surface area contributed by atoms with Crippen LogP contribution in [0.25, 0.3) is 0 Å². The lowest BCUT2D eigenvalue weighted by atomic mass is 10.3. The summed E-state index contributed by atoms with van der Waals surface area (Å²) in [7, 11) is 1.20. The van der Waals surface area contributed by atoms with E-state index in [0.717, 1.165) is 12.2 Å². The van der Waals surface area contributed by atoms with Gasteiger partial charge in [-0.15, -0.1) is 0 Å². The van der Waals surface area contributed by atoms with Gasteiger partial charge in [0.1, 0.15) is 5.56 Å². The van der Waals surface area contributed by atoms with E-state index < -0.39 is 17.8 Å². The highest BCUT2D eigenvalue weighted by Gasteiger charge is 2.08. The van der Waals surface area contributed by atoms with Crippen LogP contribution in [0.2, 0.25) is 0 Å². The zero-order valence-electron chi connectivity index (χ0n) is 10.6. The number of esters is 2. The molecule has 1 aromatic rings. The Morgan fingerprint density at radius 2 is 1.95 bits per heavy atom.